The summed E-state index contributed by atoms with van der Waals surface area (Å²) in [6.07, 6.45) is 0. The smallest absolute Gasteiger partial charge is 0.397 e. The monoisotopic (exact) mass is 257 g/mol. The van der Waals surface area contributed by atoms with Gasteiger partial charge in [-0.15, -0.1) is 0 Å². The fourth-order valence-corrected chi connectivity index (χ4v) is 1.82. The van der Waals surface area contributed by atoms with Gasteiger partial charge in [0, 0.05) is 5.69 Å². The van der Waals surface area contributed by atoms with Crippen LogP contribution in [0.5, 0.6) is 0 Å². The van der Waals surface area contributed by atoms with Crippen LogP contribution in [-0.4, -0.2) is 18.5 Å². The molecule has 0 heterocycles. The Morgan fingerprint density at radius 1 is 1.11 bits per heavy atom. The van der Waals surface area contributed by atoms with Crippen LogP contribution in [0.2, 0.25) is 0 Å². The molecule has 0 radical (unpaired) electrons. The highest BCUT2D eigenvalue weighted by Crippen LogP contribution is 2.20. The maximum absolute atomic E-state index is 11.5. The average Bonchev–Trinajstić information content (AvgIpc) is 2.39. The van der Waals surface area contributed by atoms with Gasteiger partial charge in [-0.1, -0.05) is 29.8 Å². The number of hydrogen-bond acceptors (Lipinski definition) is 3. The third-order valence-corrected chi connectivity index (χ3v) is 2.71. The molecule has 4 nitrogen and oxygen atoms in total. The van der Waals surface area contributed by atoms with Gasteiger partial charge in [0.1, 0.15) is 0 Å². The topological polar surface area (TPSA) is 55.4 Å². The van der Waals surface area contributed by atoms with Crippen LogP contribution in [0.15, 0.2) is 36.4 Å². The number of benzene rings is 2. The van der Waals surface area contributed by atoms with Gasteiger partial charge in [-0.2, -0.15) is 0 Å². The van der Waals surface area contributed by atoms with E-state index in [1.807, 2.05) is 31.2 Å². The van der Waals surface area contributed by atoms with Crippen molar-refractivity contribution in [2.24, 2.45) is 0 Å². The van der Waals surface area contributed by atoms with Crippen molar-refractivity contribution in [3.63, 3.8) is 0 Å². The summed E-state index contributed by atoms with van der Waals surface area (Å²) in [4.78, 5) is 22.7. The highest BCUT2D eigenvalue weighted by molar-refractivity contribution is 6.37. The molecule has 4 heteroatoms. The summed E-state index contributed by atoms with van der Waals surface area (Å²) in [5, 5.41) is 4.62. The van der Waals surface area contributed by atoms with E-state index in [1.54, 1.807) is 13.0 Å². The van der Waals surface area contributed by atoms with Crippen LogP contribution in [0, 0.1) is 6.92 Å². The Bertz CT molecular complexity index is 634. The van der Waals surface area contributed by atoms with Crippen LogP contribution in [0.4, 0.5) is 5.69 Å². The zero-order valence-corrected chi connectivity index (χ0v) is 10.9. The minimum absolute atomic E-state index is 0.184. The molecule has 98 valence electrons. The van der Waals surface area contributed by atoms with E-state index in [0.717, 1.165) is 10.8 Å². The molecule has 0 saturated heterocycles. The number of rotatable bonds is 2. The first-order chi connectivity index (χ1) is 9.10. The molecule has 0 fully saturated rings. The number of esters is 1. The lowest BCUT2D eigenvalue weighted by atomic mass is 10.1. The van der Waals surface area contributed by atoms with Crippen LogP contribution in [0.3, 0.4) is 0 Å². The van der Waals surface area contributed by atoms with Crippen LogP contribution < -0.4 is 5.32 Å². The fourth-order valence-electron chi connectivity index (χ4n) is 1.82. The number of ether oxygens (including phenoxy) is 1. The minimum atomic E-state index is -0.869. The van der Waals surface area contributed by atoms with Gasteiger partial charge in [-0.05, 0) is 36.8 Å². The predicted molar refractivity (Wildman–Crippen MR) is 73.9 cm³/mol. The van der Waals surface area contributed by atoms with Crippen molar-refractivity contribution in [2.75, 3.05) is 11.9 Å². The predicted octanol–water partition coefficient (Wildman–Crippen LogP) is 2.65. The molecular weight excluding hydrogens is 242 g/mol. The molecule has 2 aromatic carbocycles. The number of anilines is 1. The summed E-state index contributed by atoms with van der Waals surface area (Å²) in [6, 6.07) is 11.5. The van der Waals surface area contributed by atoms with E-state index in [0.29, 0.717) is 5.69 Å². The summed E-state index contributed by atoms with van der Waals surface area (Å²) in [7, 11) is 0. The van der Waals surface area contributed by atoms with E-state index in [2.05, 4.69) is 16.1 Å². The molecular formula is C15H15NO3. The van der Waals surface area contributed by atoms with Crippen molar-refractivity contribution in [1.82, 2.24) is 0 Å². The Labute approximate surface area is 111 Å². The van der Waals surface area contributed by atoms with Crippen molar-refractivity contribution < 1.29 is 14.3 Å². The van der Waals surface area contributed by atoms with E-state index in [-0.39, 0.29) is 6.61 Å². The van der Waals surface area contributed by atoms with Gasteiger partial charge in [0.15, 0.2) is 0 Å². The Hall–Kier alpha value is -2.36. The summed E-state index contributed by atoms with van der Waals surface area (Å²) in [5.41, 5.74) is 1.75. The van der Waals surface area contributed by atoms with E-state index < -0.39 is 11.9 Å². The highest BCUT2D eigenvalue weighted by atomic mass is 16.5. The first-order valence-electron chi connectivity index (χ1n) is 6.08. The van der Waals surface area contributed by atoms with Crippen molar-refractivity contribution in [2.45, 2.75) is 13.8 Å². The Morgan fingerprint density at radius 2 is 1.79 bits per heavy atom. The largest absolute Gasteiger partial charge is 0.459 e. The second-order valence-corrected chi connectivity index (χ2v) is 4.24. The minimum Gasteiger partial charge on any atom is -0.459 e. The molecule has 0 atom stereocenters. The molecule has 0 aromatic heterocycles. The molecule has 2 rings (SSSR count). The van der Waals surface area contributed by atoms with Crippen LogP contribution in [0.25, 0.3) is 10.8 Å². The summed E-state index contributed by atoms with van der Waals surface area (Å²) >= 11 is 0. The van der Waals surface area contributed by atoms with E-state index in [4.69, 9.17) is 0 Å². The van der Waals surface area contributed by atoms with Gasteiger partial charge in [0.2, 0.25) is 0 Å². The Balaban J connectivity index is 2.20. The summed E-state index contributed by atoms with van der Waals surface area (Å²) < 4.78 is 4.63. The zero-order chi connectivity index (χ0) is 13.8. The van der Waals surface area contributed by atoms with Crippen molar-refractivity contribution >= 4 is 28.3 Å². The normalized spacial score (nSPS) is 10.2. The summed E-state index contributed by atoms with van der Waals surface area (Å²) in [6.45, 7) is 3.86. The second-order valence-electron chi connectivity index (χ2n) is 4.24. The number of aryl methyl sites for hydroxylation is 1. The number of carbonyl (C=O) groups excluding carboxylic acids is 2. The lowest BCUT2D eigenvalue weighted by Gasteiger charge is -2.06. The highest BCUT2D eigenvalue weighted by Gasteiger charge is 2.14. The van der Waals surface area contributed by atoms with Crippen LogP contribution in [-0.2, 0) is 14.3 Å². The number of carbonyl (C=O) groups is 2. The molecule has 0 aliphatic rings. The maximum atomic E-state index is 11.5. The number of nitrogens with one attached hydrogen (secondary N) is 1. The van der Waals surface area contributed by atoms with Gasteiger partial charge >= 0.3 is 11.9 Å². The molecule has 0 aliphatic heterocycles. The number of fused-ring (bicyclic) bond motifs is 1. The SMILES string of the molecule is CCOC(=O)C(=O)Nc1ccc2cc(C)ccc2c1. The van der Waals surface area contributed by atoms with E-state index in [9.17, 15) is 9.59 Å². The third kappa shape index (κ3) is 3.10. The maximum Gasteiger partial charge on any atom is 0.397 e. The first-order valence-corrected chi connectivity index (χ1v) is 6.08. The van der Waals surface area contributed by atoms with Crippen LogP contribution in [0.1, 0.15) is 12.5 Å². The zero-order valence-electron chi connectivity index (χ0n) is 10.9. The second kappa shape index (κ2) is 5.52. The van der Waals surface area contributed by atoms with Crippen molar-refractivity contribution in [3.8, 4) is 0 Å². The van der Waals surface area contributed by atoms with Gasteiger partial charge < -0.3 is 10.1 Å². The molecule has 2 aromatic rings. The van der Waals surface area contributed by atoms with Crippen LogP contribution >= 0.6 is 0 Å². The molecule has 0 unspecified atom stereocenters. The molecule has 0 aliphatic carbocycles. The molecule has 0 saturated carbocycles. The lowest BCUT2D eigenvalue weighted by Crippen LogP contribution is -2.24. The van der Waals surface area contributed by atoms with Gasteiger partial charge in [-0.25, -0.2) is 4.79 Å². The molecule has 0 bridgehead atoms. The number of hydrogen-bond donors (Lipinski definition) is 1. The Morgan fingerprint density at radius 3 is 2.53 bits per heavy atom. The number of amides is 1. The fraction of sp³-hybridized carbons (Fsp3) is 0.200. The van der Waals surface area contributed by atoms with Gasteiger partial charge in [0.25, 0.3) is 0 Å². The van der Waals surface area contributed by atoms with E-state index in [1.165, 1.54) is 5.56 Å². The van der Waals surface area contributed by atoms with Gasteiger partial charge in [0.05, 0.1) is 6.61 Å². The molecule has 0 spiro atoms. The quantitative estimate of drug-likeness (QED) is 0.664. The molecule has 1 N–H and O–H groups in total. The Kier molecular flexibility index (Phi) is 3.80. The van der Waals surface area contributed by atoms with E-state index >= 15 is 0 Å². The van der Waals surface area contributed by atoms with Gasteiger partial charge in [-0.3, -0.25) is 4.79 Å². The average molecular weight is 257 g/mol. The molecule has 1 amide bonds. The van der Waals surface area contributed by atoms with Crippen molar-refractivity contribution in [3.05, 3.63) is 42.0 Å². The lowest BCUT2D eigenvalue weighted by molar-refractivity contribution is -0.152. The summed E-state index contributed by atoms with van der Waals surface area (Å²) in [5.74, 6) is -1.63. The van der Waals surface area contributed by atoms with Crippen molar-refractivity contribution in [1.29, 1.82) is 0 Å². The third-order valence-electron chi connectivity index (χ3n) is 2.71. The molecule has 19 heavy (non-hydrogen) atoms. The first kappa shape index (κ1) is 13.1. The standard InChI is InChI=1S/C15H15NO3/c1-3-19-15(18)14(17)16-13-7-6-11-8-10(2)4-5-12(11)9-13/h4-9H,3H2,1-2H3,(H,16,17).